The molecule has 0 radical (unpaired) electrons. The summed E-state index contributed by atoms with van der Waals surface area (Å²) in [5.74, 6) is 2.88. The third-order valence-electron chi connectivity index (χ3n) is 9.47. The van der Waals surface area contributed by atoms with Gasteiger partial charge in [-0.05, 0) is 86.1 Å². The van der Waals surface area contributed by atoms with Crippen LogP contribution in [0, 0.1) is 35.5 Å². The number of ketones is 2. The second-order valence-corrected chi connectivity index (χ2v) is 11.1. The number of aryl methyl sites for hydroxylation is 1. The smallest absolute Gasteiger partial charge is 0.155 e. The maximum absolute atomic E-state index is 12.4. The Morgan fingerprint density at radius 1 is 0.875 bits per heavy atom. The Hall–Kier alpha value is -2.29. The minimum absolute atomic E-state index is 0.0246. The summed E-state index contributed by atoms with van der Waals surface area (Å²) in [4.78, 5) is 28.2. The molecule has 6 rings (SSSR count). The number of hydrogen-bond donors (Lipinski definition) is 0. The van der Waals surface area contributed by atoms with Crippen molar-refractivity contribution in [3.63, 3.8) is 0 Å². The van der Waals surface area contributed by atoms with Gasteiger partial charge in [-0.3, -0.25) is 14.6 Å². The van der Waals surface area contributed by atoms with Crippen molar-refractivity contribution in [2.24, 2.45) is 28.6 Å². The molecule has 0 saturated heterocycles. The fourth-order valence-electron chi connectivity index (χ4n) is 7.53. The van der Waals surface area contributed by atoms with Crippen LogP contribution in [0.1, 0.15) is 70.8 Å². The zero-order chi connectivity index (χ0) is 22.5. The van der Waals surface area contributed by atoms with Crippen LogP contribution in [-0.2, 0) is 9.59 Å². The maximum Gasteiger partial charge on any atom is 0.155 e. The van der Waals surface area contributed by atoms with Crippen LogP contribution in [0.3, 0.4) is 0 Å². The van der Waals surface area contributed by atoms with Crippen molar-refractivity contribution in [1.82, 2.24) is 4.98 Å². The van der Waals surface area contributed by atoms with E-state index in [9.17, 15) is 9.59 Å². The molecule has 3 saturated carbocycles. The van der Waals surface area contributed by atoms with Gasteiger partial charge >= 0.3 is 0 Å². The van der Waals surface area contributed by atoms with E-state index in [1.807, 2.05) is 24.5 Å². The molecule has 0 unspecified atom stereocenters. The van der Waals surface area contributed by atoms with Gasteiger partial charge in [-0.15, -0.1) is 0 Å². The molecular weight excluding hydrogens is 394 g/mol. The number of hydrogen-bond acceptors (Lipinski definition) is 3. The van der Waals surface area contributed by atoms with E-state index in [-0.39, 0.29) is 10.8 Å². The van der Waals surface area contributed by atoms with E-state index in [4.69, 9.17) is 0 Å². The lowest BCUT2D eigenvalue weighted by Crippen LogP contribution is -2.50. The molecule has 0 bridgehead atoms. The van der Waals surface area contributed by atoms with Crippen molar-refractivity contribution in [2.75, 3.05) is 0 Å². The minimum atomic E-state index is -0.0246. The number of allylic oxidation sites excluding steroid dienone is 1. The first-order valence-electron chi connectivity index (χ1n) is 12.4. The van der Waals surface area contributed by atoms with Gasteiger partial charge in [-0.1, -0.05) is 43.2 Å². The van der Waals surface area contributed by atoms with Crippen molar-refractivity contribution < 1.29 is 9.59 Å². The van der Waals surface area contributed by atoms with E-state index in [0.717, 1.165) is 38.5 Å². The molecule has 3 heteroatoms. The predicted molar refractivity (Wildman–Crippen MR) is 128 cm³/mol. The second kappa shape index (κ2) is 7.93. The van der Waals surface area contributed by atoms with E-state index in [1.165, 1.54) is 34.8 Å². The number of benzene rings is 1. The Balaban J connectivity index is 0.000000165. The molecule has 5 atom stereocenters. The summed E-state index contributed by atoms with van der Waals surface area (Å²) in [5, 5.41) is 2.47. The number of fused-ring (bicyclic) bond motifs is 6. The molecule has 0 N–H and O–H groups in total. The Kier molecular flexibility index (Phi) is 5.34. The number of aromatic nitrogens is 1. The van der Waals surface area contributed by atoms with Gasteiger partial charge in [0.2, 0.25) is 0 Å². The summed E-state index contributed by atoms with van der Waals surface area (Å²) in [6.45, 7) is 6.74. The number of carbonyl (C=O) groups excluding carboxylic acids is 2. The summed E-state index contributed by atoms with van der Waals surface area (Å²) >= 11 is 0. The van der Waals surface area contributed by atoms with E-state index in [2.05, 4.69) is 44.0 Å². The number of pyridine rings is 1. The lowest BCUT2D eigenvalue weighted by molar-refractivity contribution is -0.132. The molecule has 168 valence electrons. The van der Waals surface area contributed by atoms with Gasteiger partial charge in [-0.25, -0.2) is 0 Å². The fourth-order valence-corrected chi connectivity index (χ4v) is 7.53. The number of rotatable bonds is 0. The number of carbonyl (C=O) groups is 2. The van der Waals surface area contributed by atoms with Gasteiger partial charge in [0.25, 0.3) is 0 Å². The normalized spacial score (nSPS) is 35.8. The van der Waals surface area contributed by atoms with Crippen molar-refractivity contribution in [1.29, 1.82) is 0 Å². The third-order valence-corrected chi connectivity index (χ3v) is 9.47. The quantitative estimate of drug-likeness (QED) is 0.472. The van der Waals surface area contributed by atoms with Gasteiger partial charge in [0.15, 0.2) is 5.78 Å². The van der Waals surface area contributed by atoms with E-state index in [0.29, 0.717) is 29.3 Å². The molecule has 1 aromatic heterocycles. The lowest BCUT2D eigenvalue weighted by Gasteiger charge is -2.56. The average Bonchev–Trinajstić information content (AvgIpc) is 3.09. The highest BCUT2D eigenvalue weighted by Gasteiger charge is 2.58. The first kappa shape index (κ1) is 21.6. The van der Waals surface area contributed by atoms with Crippen LogP contribution in [0.4, 0.5) is 0 Å². The second-order valence-electron chi connectivity index (χ2n) is 11.1. The lowest BCUT2D eigenvalue weighted by atomic mass is 9.47. The van der Waals surface area contributed by atoms with Crippen LogP contribution in [-0.4, -0.2) is 16.6 Å². The van der Waals surface area contributed by atoms with Gasteiger partial charge in [0, 0.05) is 36.0 Å². The average molecular weight is 430 g/mol. The van der Waals surface area contributed by atoms with Crippen LogP contribution in [0.25, 0.3) is 10.8 Å². The molecule has 3 nitrogen and oxygen atoms in total. The first-order chi connectivity index (χ1) is 15.3. The number of Topliss-reactive ketones (excluding diaryl/α,β-unsaturated/α-hetero) is 1. The molecule has 2 aromatic rings. The van der Waals surface area contributed by atoms with E-state index >= 15 is 0 Å². The Morgan fingerprint density at radius 3 is 2.53 bits per heavy atom. The monoisotopic (exact) mass is 429 g/mol. The van der Waals surface area contributed by atoms with Gasteiger partial charge < -0.3 is 0 Å². The highest BCUT2D eigenvalue weighted by atomic mass is 16.1. The van der Waals surface area contributed by atoms with Crippen LogP contribution in [0.5, 0.6) is 0 Å². The SMILES string of the molecule is C[C@]12CCC(=O)C=C1CC[C@@H]1[C@@H]2CC[C@]2(C)C(=O)CC[C@@H]12.Cc1ccc2cnccc2c1. The van der Waals surface area contributed by atoms with Crippen LogP contribution < -0.4 is 0 Å². The van der Waals surface area contributed by atoms with Gasteiger partial charge in [-0.2, -0.15) is 0 Å². The van der Waals surface area contributed by atoms with Crippen molar-refractivity contribution in [2.45, 2.75) is 72.1 Å². The summed E-state index contributed by atoms with van der Waals surface area (Å²) in [7, 11) is 0. The molecule has 1 heterocycles. The van der Waals surface area contributed by atoms with E-state index in [1.54, 1.807) is 0 Å². The highest BCUT2D eigenvalue weighted by molar-refractivity contribution is 5.91. The van der Waals surface area contributed by atoms with Gasteiger partial charge in [0.05, 0.1) is 0 Å². The standard InChI is InChI=1S/C19H26O2.C10H9N/c1-18-9-7-13(20)11-12(18)3-4-14-15-5-6-17(21)19(15,2)10-8-16(14)18;1-8-2-3-10-7-11-5-4-9(10)6-8/h11,14-16H,3-10H2,1-2H3;2-7H,1H3/t14-,15-,16-,18-,19-;/m0./s1. The zero-order valence-corrected chi connectivity index (χ0v) is 19.7. The first-order valence-corrected chi connectivity index (χ1v) is 12.4. The van der Waals surface area contributed by atoms with Crippen molar-refractivity contribution in [3.05, 3.63) is 53.9 Å². The van der Waals surface area contributed by atoms with Crippen molar-refractivity contribution >= 4 is 22.3 Å². The Labute approximate surface area is 191 Å². The minimum Gasteiger partial charge on any atom is -0.299 e. The zero-order valence-electron chi connectivity index (χ0n) is 19.7. The summed E-state index contributed by atoms with van der Waals surface area (Å²) in [6.07, 6.45) is 13.9. The largest absolute Gasteiger partial charge is 0.299 e. The highest BCUT2D eigenvalue weighted by Crippen LogP contribution is 2.64. The van der Waals surface area contributed by atoms with Crippen molar-refractivity contribution in [3.8, 4) is 0 Å². The molecule has 32 heavy (non-hydrogen) atoms. The molecule has 4 aliphatic rings. The predicted octanol–water partition coefficient (Wildman–Crippen LogP) is 6.63. The van der Waals surface area contributed by atoms with Crippen LogP contribution in [0.15, 0.2) is 48.3 Å². The van der Waals surface area contributed by atoms with Crippen LogP contribution in [0.2, 0.25) is 0 Å². The third kappa shape index (κ3) is 3.45. The Bertz CT molecular complexity index is 1100. The molecule has 3 fully saturated rings. The summed E-state index contributed by atoms with van der Waals surface area (Å²) in [6, 6.07) is 8.39. The molecule has 1 aromatic carbocycles. The fraction of sp³-hybridized carbons (Fsp3) is 0.552. The Morgan fingerprint density at radius 2 is 1.69 bits per heavy atom. The molecular formula is C29H35NO2. The summed E-state index contributed by atoms with van der Waals surface area (Å²) < 4.78 is 0. The maximum atomic E-state index is 12.4. The molecule has 0 aliphatic heterocycles. The van der Waals surface area contributed by atoms with E-state index < -0.39 is 0 Å². The molecule has 0 amide bonds. The molecule has 4 aliphatic carbocycles. The van der Waals surface area contributed by atoms with Gasteiger partial charge in [0.1, 0.15) is 5.78 Å². The van der Waals surface area contributed by atoms with Crippen LogP contribution >= 0.6 is 0 Å². The summed E-state index contributed by atoms with van der Waals surface area (Å²) in [5.41, 5.74) is 2.93. The number of nitrogens with zero attached hydrogens (tertiary/aromatic N) is 1. The molecule has 0 spiro atoms. The topological polar surface area (TPSA) is 47.0 Å².